The summed E-state index contributed by atoms with van der Waals surface area (Å²) in [7, 11) is -3.49. The number of piperidine rings is 1. The van der Waals surface area contributed by atoms with Gasteiger partial charge in [-0.3, -0.25) is 4.79 Å². The fourth-order valence-electron chi connectivity index (χ4n) is 3.78. The average Bonchev–Trinajstić information content (AvgIpc) is 2.73. The first kappa shape index (κ1) is 21.5. The van der Waals surface area contributed by atoms with Crippen molar-refractivity contribution in [2.45, 2.75) is 44.4 Å². The molecule has 0 atom stereocenters. The molecular formula is C23H30N2O3S. The van der Waals surface area contributed by atoms with Crippen LogP contribution < -0.4 is 4.72 Å². The van der Waals surface area contributed by atoms with Crippen LogP contribution in [0, 0.1) is 12.8 Å². The molecule has 29 heavy (non-hydrogen) atoms. The Balaban J connectivity index is 1.51. The molecule has 5 nitrogen and oxygen atoms in total. The molecule has 1 saturated heterocycles. The molecule has 1 N–H and O–H groups in total. The Bertz CT molecular complexity index is 914. The standard InChI is InChI=1S/C23H30N2O3S/c1-3-24-29(27,28)22-12-10-21(11-13-22)23(26)25-16-14-20(15-17-25)9-8-19-6-4-18(2)5-7-19/h4-7,10-13,20,24H,3,8-9,14-17H2,1-2H3. The summed E-state index contributed by atoms with van der Waals surface area (Å²) in [6, 6.07) is 14.9. The molecule has 0 spiro atoms. The van der Waals surface area contributed by atoms with Gasteiger partial charge in [-0.25, -0.2) is 13.1 Å². The van der Waals surface area contributed by atoms with E-state index >= 15 is 0 Å². The monoisotopic (exact) mass is 414 g/mol. The number of amides is 1. The molecule has 0 radical (unpaired) electrons. The van der Waals surface area contributed by atoms with Gasteiger partial charge in [0.25, 0.3) is 5.91 Å². The van der Waals surface area contributed by atoms with Crippen LogP contribution >= 0.6 is 0 Å². The predicted octanol–water partition coefficient (Wildman–Crippen LogP) is 3.78. The summed E-state index contributed by atoms with van der Waals surface area (Å²) in [5, 5.41) is 0. The number of benzene rings is 2. The Morgan fingerprint density at radius 1 is 1.03 bits per heavy atom. The fraction of sp³-hybridized carbons (Fsp3) is 0.435. The van der Waals surface area contributed by atoms with Gasteiger partial charge in [0.15, 0.2) is 0 Å². The number of carbonyl (C=O) groups is 1. The summed E-state index contributed by atoms with van der Waals surface area (Å²) in [5.41, 5.74) is 3.20. The van der Waals surface area contributed by atoms with Gasteiger partial charge in [0.1, 0.15) is 0 Å². The summed E-state index contributed by atoms with van der Waals surface area (Å²) in [4.78, 5) is 14.8. The Morgan fingerprint density at radius 2 is 1.66 bits per heavy atom. The molecule has 0 saturated carbocycles. The predicted molar refractivity (Wildman–Crippen MR) is 115 cm³/mol. The van der Waals surface area contributed by atoms with E-state index < -0.39 is 10.0 Å². The number of carbonyl (C=O) groups excluding carboxylic acids is 1. The van der Waals surface area contributed by atoms with Gasteiger partial charge < -0.3 is 4.90 Å². The van der Waals surface area contributed by atoms with Gasteiger partial charge in [0.05, 0.1) is 4.90 Å². The highest BCUT2D eigenvalue weighted by atomic mass is 32.2. The van der Waals surface area contributed by atoms with Crippen molar-refractivity contribution >= 4 is 15.9 Å². The molecule has 1 aliphatic rings. The average molecular weight is 415 g/mol. The number of hydrogen-bond acceptors (Lipinski definition) is 3. The molecule has 3 rings (SSSR count). The maximum atomic E-state index is 12.8. The van der Waals surface area contributed by atoms with Gasteiger partial charge in [-0.2, -0.15) is 0 Å². The zero-order chi connectivity index (χ0) is 20.9. The van der Waals surface area contributed by atoms with E-state index in [9.17, 15) is 13.2 Å². The molecule has 0 aromatic heterocycles. The van der Waals surface area contributed by atoms with Gasteiger partial charge in [-0.15, -0.1) is 0 Å². The lowest BCUT2D eigenvalue weighted by Gasteiger charge is -2.32. The lowest BCUT2D eigenvalue weighted by molar-refractivity contribution is 0.0687. The van der Waals surface area contributed by atoms with Crippen LogP contribution in [0.1, 0.15) is 47.7 Å². The molecule has 1 aliphatic heterocycles. The summed E-state index contributed by atoms with van der Waals surface area (Å²) in [5.74, 6) is 0.627. The molecule has 156 valence electrons. The van der Waals surface area contributed by atoms with Crippen LogP contribution in [0.5, 0.6) is 0 Å². The van der Waals surface area contributed by atoms with Crippen LogP contribution in [0.2, 0.25) is 0 Å². The van der Waals surface area contributed by atoms with Gasteiger partial charge in [0.2, 0.25) is 10.0 Å². The number of nitrogens with zero attached hydrogens (tertiary/aromatic N) is 1. The molecule has 0 unspecified atom stereocenters. The molecule has 1 amide bonds. The number of likely N-dealkylation sites (tertiary alicyclic amines) is 1. The Hall–Kier alpha value is -2.18. The lowest BCUT2D eigenvalue weighted by Crippen LogP contribution is -2.38. The summed E-state index contributed by atoms with van der Waals surface area (Å²) in [6.07, 6.45) is 4.28. The zero-order valence-electron chi connectivity index (χ0n) is 17.2. The Labute approximate surface area is 174 Å². The number of aryl methyl sites for hydroxylation is 2. The minimum Gasteiger partial charge on any atom is -0.339 e. The largest absolute Gasteiger partial charge is 0.339 e. The van der Waals surface area contributed by atoms with E-state index in [4.69, 9.17) is 0 Å². The van der Waals surface area contributed by atoms with Crippen LogP contribution in [0.25, 0.3) is 0 Å². The second kappa shape index (κ2) is 9.55. The first-order valence-corrected chi connectivity index (χ1v) is 11.8. The summed E-state index contributed by atoms with van der Waals surface area (Å²) >= 11 is 0. The van der Waals surface area contributed by atoms with Crippen LogP contribution in [-0.2, 0) is 16.4 Å². The molecule has 1 heterocycles. The van der Waals surface area contributed by atoms with Crippen molar-refractivity contribution in [1.82, 2.24) is 9.62 Å². The number of nitrogens with one attached hydrogen (secondary N) is 1. The van der Waals surface area contributed by atoms with Crippen molar-refractivity contribution in [3.8, 4) is 0 Å². The fourth-order valence-corrected chi connectivity index (χ4v) is 4.82. The highest BCUT2D eigenvalue weighted by molar-refractivity contribution is 7.89. The van der Waals surface area contributed by atoms with Crippen molar-refractivity contribution in [1.29, 1.82) is 0 Å². The van der Waals surface area contributed by atoms with Gasteiger partial charge in [-0.1, -0.05) is 36.8 Å². The van der Waals surface area contributed by atoms with Crippen molar-refractivity contribution in [3.63, 3.8) is 0 Å². The molecule has 1 fully saturated rings. The van der Waals surface area contributed by atoms with Crippen LogP contribution in [0.3, 0.4) is 0 Å². The van der Waals surface area contributed by atoms with Crippen molar-refractivity contribution < 1.29 is 13.2 Å². The first-order chi connectivity index (χ1) is 13.9. The second-order valence-electron chi connectivity index (χ2n) is 7.79. The van der Waals surface area contributed by atoms with E-state index in [-0.39, 0.29) is 10.8 Å². The molecule has 2 aromatic rings. The van der Waals surface area contributed by atoms with Gasteiger partial charge >= 0.3 is 0 Å². The van der Waals surface area contributed by atoms with Crippen LogP contribution in [0.15, 0.2) is 53.4 Å². The molecule has 0 bridgehead atoms. The third-order valence-corrected chi connectivity index (χ3v) is 7.17. The van der Waals surface area contributed by atoms with E-state index in [1.807, 2.05) is 4.90 Å². The van der Waals surface area contributed by atoms with E-state index in [0.29, 0.717) is 18.0 Å². The van der Waals surface area contributed by atoms with Crippen molar-refractivity contribution in [2.75, 3.05) is 19.6 Å². The highest BCUT2D eigenvalue weighted by Gasteiger charge is 2.24. The first-order valence-electron chi connectivity index (χ1n) is 10.3. The molecular weight excluding hydrogens is 384 g/mol. The minimum absolute atomic E-state index is 0.0191. The van der Waals surface area contributed by atoms with Gasteiger partial charge in [0, 0.05) is 25.2 Å². The van der Waals surface area contributed by atoms with E-state index in [1.165, 1.54) is 23.3 Å². The Morgan fingerprint density at radius 3 is 2.24 bits per heavy atom. The molecule has 6 heteroatoms. The third-order valence-electron chi connectivity index (χ3n) is 5.61. The quantitative estimate of drug-likeness (QED) is 0.750. The zero-order valence-corrected chi connectivity index (χ0v) is 18.0. The van der Waals surface area contributed by atoms with E-state index in [0.717, 1.165) is 38.8 Å². The maximum absolute atomic E-state index is 12.8. The number of sulfonamides is 1. The highest BCUT2D eigenvalue weighted by Crippen LogP contribution is 2.24. The lowest BCUT2D eigenvalue weighted by atomic mass is 9.90. The number of rotatable bonds is 7. The van der Waals surface area contributed by atoms with Gasteiger partial charge in [-0.05, 0) is 68.4 Å². The minimum atomic E-state index is -3.49. The number of hydrogen-bond donors (Lipinski definition) is 1. The maximum Gasteiger partial charge on any atom is 0.253 e. The van der Waals surface area contributed by atoms with E-state index in [2.05, 4.69) is 35.9 Å². The molecule has 2 aromatic carbocycles. The SMILES string of the molecule is CCNS(=O)(=O)c1ccc(C(=O)N2CCC(CCc3ccc(C)cc3)CC2)cc1. The van der Waals surface area contributed by atoms with E-state index in [1.54, 1.807) is 19.1 Å². The van der Waals surface area contributed by atoms with Crippen molar-refractivity contribution in [3.05, 3.63) is 65.2 Å². The third kappa shape index (κ3) is 5.67. The van der Waals surface area contributed by atoms with Crippen molar-refractivity contribution in [2.24, 2.45) is 5.92 Å². The normalized spacial score (nSPS) is 15.4. The second-order valence-corrected chi connectivity index (χ2v) is 9.55. The summed E-state index contributed by atoms with van der Waals surface area (Å²) < 4.78 is 26.5. The van der Waals surface area contributed by atoms with Crippen LogP contribution in [-0.4, -0.2) is 38.9 Å². The smallest absolute Gasteiger partial charge is 0.253 e. The van der Waals surface area contributed by atoms with Crippen LogP contribution in [0.4, 0.5) is 0 Å². The summed E-state index contributed by atoms with van der Waals surface area (Å²) in [6.45, 7) is 5.69. The topological polar surface area (TPSA) is 66.5 Å². The molecule has 0 aliphatic carbocycles. The Kier molecular flexibility index (Phi) is 7.09.